The molecule has 2 amide bonds. The first-order valence-electron chi connectivity index (χ1n) is 8.47. The lowest BCUT2D eigenvalue weighted by Gasteiger charge is -2.17. The maximum Gasteiger partial charge on any atom is 0.234 e. The van der Waals surface area contributed by atoms with Crippen molar-refractivity contribution in [1.29, 1.82) is 0 Å². The number of carbonyl (C=O) groups is 2. The molecule has 0 saturated heterocycles. The van der Waals surface area contributed by atoms with E-state index in [1.165, 1.54) is 17.3 Å². The molecule has 0 saturated carbocycles. The zero-order valence-electron chi connectivity index (χ0n) is 14.9. The Morgan fingerprint density at radius 1 is 1.00 bits per heavy atom. The van der Waals surface area contributed by atoms with Crippen LogP contribution >= 0.6 is 23.4 Å². The second-order valence-corrected chi connectivity index (χ2v) is 7.41. The van der Waals surface area contributed by atoms with Crippen molar-refractivity contribution in [2.45, 2.75) is 26.3 Å². The quantitative estimate of drug-likeness (QED) is 0.693. The molecule has 0 unspecified atom stereocenters. The van der Waals surface area contributed by atoms with E-state index < -0.39 is 0 Å². The van der Waals surface area contributed by atoms with Crippen molar-refractivity contribution >= 4 is 40.9 Å². The van der Waals surface area contributed by atoms with Gasteiger partial charge in [-0.15, -0.1) is 11.8 Å². The van der Waals surface area contributed by atoms with Gasteiger partial charge < -0.3 is 10.6 Å². The highest BCUT2D eigenvalue weighted by Gasteiger charge is 2.13. The predicted molar refractivity (Wildman–Crippen MR) is 110 cm³/mol. The number of nitrogens with one attached hydrogen (secondary N) is 2. The first kappa shape index (κ1) is 20.3. The number of hydrogen-bond donors (Lipinski definition) is 2. The van der Waals surface area contributed by atoms with Crippen molar-refractivity contribution < 1.29 is 9.59 Å². The molecule has 2 aromatic carbocycles. The summed E-state index contributed by atoms with van der Waals surface area (Å²) in [5.41, 5.74) is 2.98. The number of thioether (sulfide) groups is 1. The number of aryl methyl sites for hydroxylation is 1. The minimum Gasteiger partial charge on any atom is -0.349 e. The van der Waals surface area contributed by atoms with Gasteiger partial charge in [-0.3, -0.25) is 9.59 Å². The average Bonchev–Trinajstić information content (AvgIpc) is 2.62. The minimum atomic E-state index is -0.143. The molecule has 6 heteroatoms. The summed E-state index contributed by atoms with van der Waals surface area (Å²) < 4.78 is 0. The molecule has 0 radical (unpaired) electrons. The van der Waals surface area contributed by atoms with Crippen LogP contribution in [-0.4, -0.2) is 23.3 Å². The molecule has 2 rings (SSSR count). The molecular formula is C20H23ClN2O2S. The van der Waals surface area contributed by atoms with Crippen molar-refractivity contribution in [3.63, 3.8) is 0 Å². The molecule has 1 atom stereocenters. The van der Waals surface area contributed by atoms with Crippen LogP contribution < -0.4 is 10.6 Å². The third-order valence-electron chi connectivity index (χ3n) is 3.82. The van der Waals surface area contributed by atoms with E-state index in [1.807, 2.05) is 38.1 Å². The fourth-order valence-electron chi connectivity index (χ4n) is 2.42. The number of anilines is 1. The van der Waals surface area contributed by atoms with Gasteiger partial charge in [0.25, 0.3) is 0 Å². The summed E-state index contributed by atoms with van der Waals surface area (Å²) >= 11 is 7.10. The molecule has 0 bridgehead atoms. The van der Waals surface area contributed by atoms with Crippen LogP contribution in [0.3, 0.4) is 0 Å². The van der Waals surface area contributed by atoms with Gasteiger partial charge in [-0.25, -0.2) is 0 Å². The maximum atomic E-state index is 12.2. The van der Waals surface area contributed by atoms with Crippen LogP contribution in [0.5, 0.6) is 0 Å². The monoisotopic (exact) mass is 390 g/mol. The summed E-state index contributed by atoms with van der Waals surface area (Å²) in [7, 11) is 0. The molecule has 0 aromatic heterocycles. The Morgan fingerprint density at radius 3 is 2.23 bits per heavy atom. The van der Waals surface area contributed by atoms with E-state index in [-0.39, 0.29) is 29.4 Å². The Hall–Kier alpha value is -1.98. The van der Waals surface area contributed by atoms with Crippen LogP contribution in [0.15, 0.2) is 48.5 Å². The van der Waals surface area contributed by atoms with Crippen LogP contribution in [0.2, 0.25) is 5.02 Å². The van der Waals surface area contributed by atoms with E-state index >= 15 is 0 Å². The van der Waals surface area contributed by atoms with Crippen molar-refractivity contribution in [1.82, 2.24) is 5.32 Å². The van der Waals surface area contributed by atoms with Crippen molar-refractivity contribution in [3.05, 3.63) is 64.7 Å². The van der Waals surface area contributed by atoms with Crippen LogP contribution in [0.1, 0.15) is 30.5 Å². The Balaban J connectivity index is 1.74. The van der Waals surface area contributed by atoms with E-state index in [2.05, 4.69) is 10.6 Å². The van der Waals surface area contributed by atoms with Gasteiger partial charge in [0.2, 0.25) is 11.8 Å². The van der Waals surface area contributed by atoms with E-state index in [1.54, 1.807) is 24.3 Å². The molecule has 2 aromatic rings. The summed E-state index contributed by atoms with van der Waals surface area (Å²) in [5.74, 6) is 0.255. The molecule has 0 aliphatic rings. The summed E-state index contributed by atoms with van der Waals surface area (Å²) in [5, 5.41) is 6.42. The summed E-state index contributed by atoms with van der Waals surface area (Å²) in [6.07, 6.45) is 0.816. The van der Waals surface area contributed by atoms with E-state index in [0.717, 1.165) is 12.0 Å². The van der Waals surface area contributed by atoms with E-state index in [0.29, 0.717) is 10.7 Å². The number of amides is 2. The smallest absolute Gasteiger partial charge is 0.234 e. The molecular weight excluding hydrogens is 368 g/mol. The number of benzene rings is 2. The summed E-state index contributed by atoms with van der Waals surface area (Å²) in [6, 6.07) is 15.1. The fraction of sp³-hybridized carbons (Fsp3) is 0.300. The topological polar surface area (TPSA) is 58.2 Å². The molecule has 0 aliphatic carbocycles. The molecule has 138 valence electrons. The lowest BCUT2D eigenvalue weighted by molar-refractivity contribution is -0.119. The second-order valence-electron chi connectivity index (χ2n) is 5.99. The number of rotatable bonds is 8. The molecule has 0 spiro atoms. The van der Waals surface area contributed by atoms with Crippen molar-refractivity contribution in [3.8, 4) is 0 Å². The van der Waals surface area contributed by atoms with Gasteiger partial charge in [-0.05, 0) is 43.2 Å². The van der Waals surface area contributed by atoms with Crippen LogP contribution in [0.25, 0.3) is 0 Å². The lowest BCUT2D eigenvalue weighted by atomic mass is 10.0. The maximum absolute atomic E-state index is 12.2. The highest BCUT2D eigenvalue weighted by atomic mass is 35.5. The molecule has 0 aliphatic heterocycles. The average molecular weight is 391 g/mol. The largest absolute Gasteiger partial charge is 0.349 e. The van der Waals surface area contributed by atoms with Gasteiger partial charge in [0, 0.05) is 10.7 Å². The first-order chi connectivity index (χ1) is 12.5. The van der Waals surface area contributed by atoms with E-state index in [4.69, 9.17) is 11.6 Å². The third-order valence-corrected chi connectivity index (χ3v) is 5.00. The normalized spacial score (nSPS) is 11.7. The lowest BCUT2D eigenvalue weighted by Crippen LogP contribution is -2.30. The van der Waals surface area contributed by atoms with Gasteiger partial charge >= 0.3 is 0 Å². The fourth-order valence-corrected chi connectivity index (χ4v) is 3.18. The van der Waals surface area contributed by atoms with Crippen LogP contribution in [0, 0.1) is 6.92 Å². The van der Waals surface area contributed by atoms with Gasteiger partial charge in [0.05, 0.1) is 17.5 Å². The zero-order valence-corrected chi connectivity index (χ0v) is 16.5. The van der Waals surface area contributed by atoms with Gasteiger partial charge in [0.15, 0.2) is 0 Å². The second kappa shape index (κ2) is 10.2. The molecule has 0 heterocycles. The summed E-state index contributed by atoms with van der Waals surface area (Å²) in [6.45, 7) is 4.08. The highest BCUT2D eigenvalue weighted by Crippen LogP contribution is 2.18. The Bertz CT molecular complexity index is 732. The molecule has 4 nitrogen and oxygen atoms in total. The molecule has 2 N–H and O–H groups in total. The SMILES string of the molecule is CC[C@H](NC(=O)CSCC(=O)Nc1ccc(Cl)cc1)c1ccc(C)cc1. The molecule has 0 fully saturated rings. The minimum absolute atomic E-state index is 0.00778. The Labute approximate surface area is 163 Å². The predicted octanol–water partition coefficient (Wildman–Crippen LogP) is 4.59. The van der Waals surface area contributed by atoms with Gasteiger partial charge in [-0.1, -0.05) is 48.4 Å². The van der Waals surface area contributed by atoms with Crippen LogP contribution in [0.4, 0.5) is 5.69 Å². The van der Waals surface area contributed by atoms with Gasteiger partial charge in [0.1, 0.15) is 0 Å². The first-order valence-corrected chi connectivity index (χ1v) is 10.00. The zero-order chi connectivity index (χ0) is 18.9. The summed E-state index contributed by atoms with van der Waals surface area (Å²) in [4.78, 5) is 24.1. The Kier molecular flexibility index (Phi) is 8.01. The third kappa shape index (κ3) is 6.73. The van der Waals surface area contributed by atoms with Gasteiger partial charge in [-0.2, -0.15) is 0 Å². The highest BCUT2D eigenvalue weighted by molar-refractivity contribution is 8.00. The van der Waals surface area contributed by atoms with Crippen molar-refractivity contribution in [2.24, 2.45) is 0 Å². The number of halogens is 1. The number of carbonyl (C=O) groups excluding carboxylic acids is 2. The Morgan fingerprint density at radius 2 is 1.62 bits per heavy atom. The van der Waals surface area contributed by atoms with E-state index in [9.17, 15) is 9.59 Å². The standard InChI is InChI=1S/C20H23ClN2O2S/c1-3-18(15-6-4-14(2)5-7-15)23-20(25)13-26-12-19(24)22-17-10-8-16(21)9-11-17/h4-11,18H,3,12-13H2,1-2H3,(H,22,24)(H,23,25)/t18-/m0/s1. The van der Waals surface area contributed by atoms with Crippen LogP contribution in [-0.2, 0) is 9.59 Å². The number of hydrogen-bond acceptors (Lipinski definition) is 3. The molecule has 26 heavy (non-hydrogen) atoms. The van der Waals surface area contributed by atoms with Crippen molar-refractivity contribution in [2.75, 3.05) is 16.8 Å².